The Morgan fingerprint density at radius 3 is 1.79 bits per heavy atom. The summed E-state index contributed by atoms with van der Waals surface area (Å²) in [5, 5.41) is 66.8. The molecular weight excluding hydrogens is 324 g/mol. The smallest absolute Gasteiger partial charge is 0.238 e. The van der Waals surface area contributed by atoms with E-state index in [9.17, 15) is 40.5 Å². The van der Waals surface area contributed by atoms with Crippen LogP contribution in [0.15, 0.2) is 27.4 Å². The highest BCUT2D eigenvalue weighted by Gasteiger charge is 2.23. The summed E-state index contributed by atoms with van der Waals surface area (Å²) in [6, 6.07) is 2.48. The Kier molecular flexibility index (Phi) is 3.08. The van der Waals surface area contributed by atoms with Crippen molar-refractivity contribution < 1.29 is 40.2 Å². The zero-order valence-corrected chi connectivity index (χ0v) is 11.7. The summed E-state index contributed by atoms with van der Waals surface area (Å²) in [7, 11) is 0. The van der Waals surface area contributed by atoms with Gasteiger partial charge in [0.1, 0.15) is 11.1 Å². The van der Waals surface area contributed by atoms with E-state index in [4.69, 9.17) is 4.42 Å². The number of hydrogen-bond acceptors (Lipinski definition) is 9. The maximum absolute atomic E-state index is 12.2. The summed E-state index contributed by atoms with van der Waals surface area (Å²) in [6.45, 7) is 0. The van der Waals surface area contributed by atoms with Crippen molar-refractivity contribution >= 4 is 11.0 Å². The molecule has 9 heteroatoms. The first kappa shape index (κ1) is 15.2. The van der Waals surface area contributed by atoms with E-state index in [2.05, 4.69) is 0 Å². The highest BCUT2D eigenvalue weighted by atomic mass is 16.4. The Bertz CT molecular complexity index is 1030. The Hall–Kier alpha value is -3.75. The zero-order valence-electron chi connectivity index (χ0n) is 11.7. The van der Waals surface area contributed by atoms with Crippen molar-refractivity contribution in [3.8, 4) is 51.6 Å². The molecule has 3 rings (SSSR count). The number of hydrogen-bond donors (Lipinski definition) is 7. The van der Waals surface area contributed by atoms with Crippen molar-refractivity contribution in [3.63, 3.8) is 0 Å². The molecule has 0 aliphatic heterocycles. The van der Waals surface area contributed by atoms with Gasteiger partial charge in [0.05, 0.1) is 0 Å². The predicted octanol–water partition coefficient (Wildman–Crippen LogP) is 1.40. The predicted molar refractivity (Wildman–Crippen MR) is 79.6 cm³/mol. The van der Waals surface area contributed by atoms with Crippen molar-refractivity contribution in [2.45, 2.75) is 0 Å². The number of rotatable bonds is 1. The SMILES string of the molecule is O=c1c(O)c(-c2cc(O)c(O)c(O)c2)oc2c(O)c(O)cc(O)c12. The van der Waals surface area contributed by atoms with E-state index in [-0.39, 0.29) is 5.56 Å². The van der Waals surface area contributed by atoms with E-state index >= 15 is 0 Å². The van der Waals surface area contributed by atoms with Crippen LogP contribution < -0.4 is 5.43 Å². The molecule has 3 aromatic rings. The Balaban J connectivity index is 2.45. The van der Waals surface area contributed by atoms with Crippen LogP contribution in [-0.2, 0) is 0 Å². The van der Waals surface area contributed by atoms with E-state index in [1.165, 1.54) is 0 Å². The lowest BCUT2D eigenvalue weighted by Crippen LogP contribution is -2.03. The molecule has 1 aromatic heterocycles. The summed E-state index contributed by atoms with van der Waals surface area (Å²) in [5.41, 5.74) is -1.94. The molecule has 0 unspecified atom stereocenters. The molecule has 0 saturated carbocycles. The first-order valence-electron chi connectivity index (χ1n) is 6.41. The molecule has 124 valence electrons. The third kappa shape index (κ3) is 1.99. The normalized spacial score (nSPS) is 11.0. The molecule has 9 nitrogen and oxygen atoms in total. The monoisotopic (exact) mass is 334 g/mol. The van der Waals surface area contributed by atoms with Crippen molar-refractivity contribution in [2.24, 2.45) is 0 Å². The second-order valence-electron chi connectivity index (χ2n) is 4.94. The second-order valence-corrected chi connectivity index (χ2v) is 4.94. The molecule has 2 aromatic carbocycles. The number of benzene rings is 2. The molecule has 0 fully saturated rings. The maximum Gasteiger partial charge on any atom is 0.238 e. The van der Waals surface area contributed by atoms with Crippen LogP contribution in [0.25, 0.3) is 22.3 Å². The summed E-state index contributed by atoms with van der Waals surface area (Å²) in [5.74, 6) is -6.23. The average Bonchev–Trinajstić information content (AvgIpc) is 2.52. The number of phenols is 6. The Morgan fingerprint density at radius 2 is 1.21 bits per heavy atom. The third-order valence-electron chi connectivity index (χ3n) is 3.41. The Labute approximate surface area is 132 Å². The van der Waals surface area contributed by atoms with Gasteiger partial charge in [0.25, 0.3) is 0 Å². The summed E-state index contributed by atoms with van der Waals surface area (Å²) in [6.07, 6.45) is 0. The number of phenolic OH excluding ortho intramolecular Hbond substituents is 6. The molecular formula is C15H10O9. The molecule has 7 N–H and O–H groups in total. The first-order chi connectivity index (χ1) is 11.2. The van der Waals surface area contributed by atoms with E-state index in [1.807, 2.05) is 0 Å². The fourth-order valence-electron chi connectivity index (χ4n) is 2.24. The number of fused-ring (bicyclic) bond motifs is 1. The quantitative estimate of drug-likeness (QED) is 0.256. The van der Waals surface area contributed by atoms with Crippen LogP contribution in [0.5, 0.6) is 40.2 Å². The molecule has 0 radical (unpaired) electrons. The van der Waals surface area contributed by atoms with Gasteiger partial charge >= 0.3 is 0 Å². The van der Waals surface area contributed by atoms with E-state index in [0.29, 0.717) is 6.07 Å². The molecule has 0 aliphatic rings. The minimum Gasteiger partial charge on any atom is -0.507 e. The van der Waals surface area contributed by atoms with Gasteiger partial charge in [-0.25, -0.2) is 0 Å². The van der Waals surface area contributed by atoms with Crippen LogP contribution in [0.1, 0.15) is 0 Å². The van der Waals surface area contributed by atoms with E-state index in [0.717, 1.165) is 12.1 Å². The highest BCUT2D eigenvalue weighted by molar-refractivity contribution is 5.93. The van der Waals surface area contributed by atoms with Gasteiger partial charge in [0.15, 0.2) is 34.3 Å². The molecule has 0 saturated heterocycles. The minimum atomic E-state index is -1.12. The van der Waals surface area contributed by atoms with Gasteiger partial charge in [-0.3, -0.25) is 4.79 Å². The highest BCUT2D eigenvalue weighted by Crippen LogP contribution is 2.44. The molecule has 0 bridgehead atoms. The van der Waals surface area contributed by atoms with Gasteiger partial charge in [-0.1, -0.05) is 0 Å². The van der Waals surface area contributed by atoms with Crippen LogP contribution in [-0.4, -0.2) is 35.7 Å². The summed E-state index contributed by atoms with van der Waals surface area (Å²) >= 11 is 0. The number of aromatic hydroxyl groups is 7. The van der Waals surface area contributed by atoms with Crippen LogP contribution in [0.4, 0.5) is 0 Å². The molecule has 0 atom stereocenters. The lowest BCUT2D eigenvalue weighted by Gasteiger charge is -2.10. The third-order valence-corrected chi connectivity index (χ3v) is 3.41. The maximum atomic E-state index is 12.2. The van der Waals surface area contributed by atoms with E-state index < -0.39 is 62.4 Å². The minimum absolute atomic E-state index is 0.207. The molecule has 0 amide bonds. The lowest BCUT2D eigenvalue weighted by atomic mass is 10.1. The van der Waals surface area contributed by atoms with Crippen molar-refractivity contribution in [1.29, 1.82) is 0 Å². The summed E-state index contributed by atoms with van der Waals surface area (Å²) < 4.78 is 5.18. The van der Waals surface area contributed by atoms with Crippen molar-refractivity contribution in [2.75, 3.05) is 0 Å². The molecule has 24 heavy (non-hydrogen) atoms. The zero-order chi connectivity index (χ0) is 17.8. The van der Waals surface area contributed by atoms with Gasteiger partial charge in [0, 0.05) is 11.6 Å². The van der Waals surface area contributed by atoms with Crippen LogP contribution >= 0.6 is 0 Å². The fraction of sp³-hybridized carbons (Fsp3) is 0. The van der Waals surface area contributed by atoms with Crippen LogP contribution in [0.3, 0.4) is 0 Å². The summed E-state index contributed by atoms with van der Waals surface area (Å²) in [4.78, 5) is 12.2. The van der Waals surface area contributed by atoms with Crippen LogP contribution in [0, 0.1) is 0 Å². The molecule has 0 aliphatic carbocycles. The van der Waals surface area contributed by atoms with E-state index in [1.54, 1.807) is 0 Å². The lowest BCUT2D eigenvalue weighted by molar-refractivity contribution is 0.367. The van der Waals surface area contributed by atoms with Gasteiger partial charge in [-0.05, 0) is 12.1 Å². The first-order valence-corrected chi connectivity index (χ1v) is 6.41. The van der Waals surface area contributed by atoms with Crippen molar-refractivity contribution in [3.05, 3.63) is 28.4 Å². The topological polar surface area (TPSA) is 172 Å². The average molecular weight is 334 g/mol. The Morgan fingerprint density at radius 1 is 0.667 bits per heavy atom. The molecule has 0 spiro atoms. The second kappa shape index (κ2) is 4.88. The van der Waals surface area contributed by atoms with Gasteiger partial charge in [0.2, 0.25) is 16.9 Å². The van der Waals surface area contributed by atoms with Gasteiger partial charge < -0.3 is 40.2 Å². The largest absolute Gasteiger partial charge is 0.507 e. The standard InChI is InChI=1S/C15H10O9/c16-5-3-8(19)11(21)15-9(5)12(22)13(23)14(24-15)4-1-6(17)10(20)7(18)2-4/h1-3,16-21,23H. The van der Waals surface area contributed by atoms with Crippen molar-refractivity contribution in [1.82, 2.24) is 0 Å². The van der Waals surface area contributed by atoms with Gasteiger partial charge in [-0.15, -0.1) is 0 Å². The molecule has 1 heterocycles. The fourth-order valence-corrected chi connectivity index (χ4v) is 2.24. The van der Waals surface area contributed by atoms with Crippen LogP contribution in [0.2, 0.25) is 0 Å². The van der Waals surface area contributed by atoms with Gasteiger partial charge in [-0.2, -0.15) is 0 Å².